The number of thioether (sulfide) groups is 1. The zero-order valence-electron chi connectivity index (χ0n) is 15.7. The minimum atomic E-state index is -3.33. The van der Waals surface area contributed by atoms with Crippen LogP contribution in [0.1, 0.15) is 31.2 Å². The molecule has 3 rings (SSSR count). The van der Waals surface area contributed by atoms with E-state index >= 15 is 0 Å². The number of nitrogens with one attached hydrogen (secondary N) is 2. The van der Waals surface area contributed by atoms with E-state index in [0.717, 1.165) is 30.9 Å². The maximum absolute atomic E-state index is 12.5. The molecule has 2 aliphatic heterocycles. The van der Waals surface area contributed by atoms with Gasteiger partial charge in [-0.05, 0) is 49.1 Å². The van der Waals surface area contributed by atoms with Crippen LogP contribution in [-0.2, 0) is 16.6 Å². The number of hydrogen-bond donors (Lipinski definition) is 2. The molecule has 2 fully saturated rings. The molecule has 2 saturated heterocycles. The van der Waals surface area contributed by atoms with Gasteiger partial charge in [-0.15, -0.1) is 24.0 Å². The van der Waals surface area contributed by atoms with Gasteiger partial charge < -0.3 is 10.6 Å². The minimum absolute atomic E-state index is 0. The van der Waals surface area contributed by atoms with Gasteiger partial charge in [0.2, 0.25) is 10.0 Å². The maximum Gasteiger partial charge on any atom is 0.243 e. The summed E-state index contributed by atoms with van der Waals surface area (Å²) >= 11 is 2.02. The molecule has 152 valence electrons. The Labute approximate surface area is 184 Å². The summed E-state index contributed by atoms with van der Waals surface area (Å²) in [6.45, 7) is 2.80. The number of rotatable bonds is 6. The van der Waals surface area contributed by atoms with Crippen LogP contribution in [0.15, 0.2) is 34.2 Å². The predicted octanol–water partition coefficient (Wildman–Crippen LogP) is 2.65. The monoisotopic (exact) mass is 524 g/mol. The molecule has 0 aliphatic carbocycles. The molecule has 1 atom stereocenters. The lowest BCUT2D eigenvalue weighted by molar-refractivity contribution is 0.477. The van der Waals surface area contributed by atoms with Gasteiger partial charge in [0.15, 0.2) is 5.96 Å². The second-order valence-electron chi connectivity index (χ2n) is 6.70. The minimum Gasteiger partial charge on any atom is -0.355 e. The van der Waals surface area contributed by atoms with E-state index in [0.29, 0.717) is 29.8 Å². The van der Waals surface area contributed by atoms with Crippen LogP contribution >= 0.6 is 35.7 Å². The molecule has 2 N–H and O–H groups in total. The molecule has 0 radical (unpaired) electrons. The number of hydrogen-bond acceptors (Lipinski definition) is 4. The van der Waals surface area contributed by atoms with Crippen LogP contribution in [-0.4, -0.2) is 56.4 Å². The van der Waals surface area contributed by atoms with Gasteiger partial charge in [0.05, 0.1) is 4.90 Å². The third-order valence-corrected chi connectivity index (χ3v) is 8.14. The lowest BCUT2D eigenvalue weighted by Gasteiger charge is -2.16. The topological polar surface area (TPSA) is 73.8 Å². The Morgan fingerprint density at radius 1 is 1.19 bits per heavy atom. The van der Waals surface area contributed by atoms with Crippen LogP contribution in [0, 0.1) is 0 Å². The SMILES string of the molecule is CN=C(NCc1ccc(S(=O)(=O)N2CCCC2)cc1)NCC1CCCS1.I. The van der Waals surface area contributed by atoms with Crippen LogP contribution in [0.25, 0.3) is 0 Å². The Morgan fingerprint density at radius 3 is 2.48 bits per heavy atom. The summed E-state index contributed by atoms with van der Waals surface area (Å²) in [7, 11) is -1.57. The maximum atomic E-state index is 12.5. The number of sulfonamides is 1. The van der Waals surface area contributed by atoms with Gasteiger partial charge in [-0.25, -0.2) is 8.42 Å². The fraction of sp³-hybridized carbons (Fsp3) is 0.611. The van der Waals surface area contributed by atoms with E-state index in [1.807, 2.05) is 23.9 Å². The average Bonchev–Trinajstić information content (AvgIpc) is 3.36. The van der Waals surface area contributed by atoms with Crippen molar-refractivity contribution in [1.82, 2.24) is 14.9 Å². The highest BCUT2D eigenvalue weighted by molar-refractivity contribution is 14.0. The quantitative estimate of drug-likeness (QED) is 0.340. The molecule has 27 heavy (non-hydrogen) atoms. The molecule has 0 spiro atoms. The van der Waals surface area contributed by atoms with E-state index in [1.165, 1.54) is 18.6 Å². The highest BCUT2D eigenvalue weighted by Gasteiger charge is 2.26. The van der Waals surface area contributed by atoms with Crippen molar-refractivity contribution in [2.45, 2.75) is 42.4 Å². The number of benzene rings is 1. The Kier molecular flexibility index (Phi) is 9.17. The van der Waals surface area contributed by atoms with Crippen LogP contribution in [0.2, 0.25) is 0 Å². The van der Waals surface area contributed by atoms with Crippen LogP contribution in [0.5, 0.6) is 0 Å². The van der Waals surface area contributed by atoms with Crippen LogP contribution in [0.3, 0.4) is 0 Å². The van der Waals surface area contributed by atoms with Crippen molar-refractivity contribution < 1.29 is 8.42 Å². The first-order valence-corrected chi connectivity index (χ1v) is 11.7. The summed E-state index contributed by atoms with van der Waals surface area (Å²) in [4.78, 5) is 4.63. The van der Waals surface area contributed by atoms with Crippen LogP contribution in [0.4, 0.5) is 0 Å². The molecule has 2 aliphatic rings. The molecule has 9 heteroatoms. The molecule has 6 nitrogen and oxygen atoms in total. The Hall–Kier alpha value is -0.520. The van der Waals surface area contributed by atoms with E-state index in [-0.39, 0.29) is 24.0 Å². The number of aliphatic imine (C=N–C) groups is 1. The summed E-state index contributed by atoms with van der Waals surface area (Å²) in [6.07, 6.45) is 4.47. The van der Waals surface area contributed by atoms with Gasteiger partial charge in [-0.2, -0.15) is 16.1 Å². The van der Waals surface area contributed by atoms with Gasteiger partial charge >= 0.3 is 0 Å². The Bertz CT molecular complexity index is 713. The van der Waals surface area contributed by atoms with E-state index in [2.05, 4.69) is 15.6 Å². The van der Waals surface area contributed by atoms with Crippen molar-refractivity contribution in [2.24, 2.45) is 4.99 Å². The molecule has 0 amide bonds. The van der Waals surface area contributed by atoms with Crippen LogP contribution < -0.4 is 10.6 Å². The number of halogens is 1. The molecule has 0 bridgehead atoms. The fourth-order valence-corrected chi connectivity index (χ4v) is 6.00. The highest BCUT2D eigenvalue weighted by Crippen LogP contribution is 2.25. The van der Waals surface area contributed by atoms with E-state index in [4.69, 9.17) is 0 Å². The van der Waals surface area contributed by atoms with Crippen molar-refractivity contribution in [3.8, 4) is 0 Å². The standard InChI is InChI=1S/C18H28N4O2S2.HI/c1-19-18(21-14-16-5-4-12-25-16)20-13-15-6-8-17(9-7-15)26(23,24)22-10-2-3-11-22;/h6-9,16H,2-5,10-14H2,1H3,(H2,19,20,21);1H. The number of guanidine groups is 1. The molecule has 0 aromatic heterocycles. The number of nitrogens with zero attached hydrogens (tertiary/aromatic N) is 2. The van der Waals surface area contributed by atoms with Crippen molar-refractivity contribution in [3.05, 3.63) is 29.8 Å². The fourth-order valence-electron chi connectivity index (χ4n) is 3.28. The predicted molar refractivity (Wildman–Crippen MR) is 124 cm³/mol. The molecule has 1 aromatic rings. The van der Waals surface area contributed by atoms with Gasteiger partial charge in [-0.1, -0.05) is 12.1 Å². The first-order valence-electron chi connectivity index (χ1n) is 9.25. The summed E-state index contributed by atoms with van der Waals surface area (Å²) < 4.78 is 26.7. The van der Waals surface area contributed by atoms with Gasteiger partial charge in [-0.3, -0.25) is 4.99 Å². The lowest BCUT2D eigenvalue weighted by atomic mass is 10.2. The smallest absolute Gasteiger partial charge is 0.243 e. The summed E-state index contributed by atoms with van der Waals surface area (Å²) in [5.41, 5.74) is 1.03. The third-order valence-electron chi connectivity index (χ3n) is 4.83. The summed E-state index contributed by atoms with van der Waals surface area (Å²) in [5.74, 6) is 2.04. The van der Waals surface area contributed by atoms with Crippen molar-refractivity contribution in [1.29, 1.82) is 0 Å². The first-order chi connectivity index (χ1) is 12.6. The zero-order valence-corrected chi connectivity index (χ0v) is 19.6. The molecule has 0 saturated carbocycles. The second kappa shape index (κ2) is 10.9. The summed E-state index contributed by atoms with van der Waals surface area (Å²) in [5, 5.41) is 7.33. The van der Waals surface area contributed by atoms with Crippen molar-refractivity contribution in [3.63, 3.8) is 0 Å². The van der Waals surface area contributed by atoms with Crippen molar-refractivity contribution >= 4 is 51.7 Å². The van der Waals surface area contributed by atoms with E-state index < -0.39 is 10.0 Å². The van der Waals surface area contributed by atoms with Gasteiger partial charge in [0.1, 0.15) is 0 Å². The Balaban J connectivity index is 0.00000261. The van der Waals surface area contributed by atoms with Gasteiger partial charge in [0.25, 0.3) is 0 Å². The first kappa shape index (κ1) is 22.8. The molecular formula is C18H29IN4O2S2. The third kappa shape index (κ3) is 6.23. The molecular weight excluding hydrogens is 495 g/mol. The van der Waals surface area contributed by atoms with Gasteiger partial charge in [0, 0.05) is 38.5 Å². The average molecular weight is 524 g/mol. The molecule has 2 heterocycles. The zero-order chi connectivity index (χ0) is 18.4. The van der Waals surface area contributed by atoms with Crippen molar-refractivity contribution in [2.75, 3.05) is 32.4 Å². The van der Waals surface area contributed by atoms with E-state index in [9.17, 15) is 8.42 Å². The normalized spacial score (nSPS) is 21.1. The Morgan fingerprint density at radius 2 is 1.89 bits per heavy atom. The van der Waals surface area contributed by atoms with E-state index in [1.54, 1.807) is 23.5 Å². The molecule has 1 aromatic carbocycles. The lowest BCUT2D eigenvalue weighted by Crippen LogP contribution is -2.39. The highest BCUT2D eigenvalue weighted by atomic mass is 127. The molecule has 1 unspecified atom stereocenters. The second-order valence-corrected chi connectivity index (χ2v) is 10.0. The largest absolute Gasteiger partial charge is 0.355 e. The summed E-state index contributed by atoms with van der Waals surface area (Å²) in [6, 6.07) is 7.15.